The van der Waals surface area contributed by atoms with Crippen LogP contribution < -0.4 is 5.32 Å². The van der Waals surface area contributed by atoms with Gasteiger partial charge in [0, 0.05) is 10.2 Å². The predicted molar refractivity (Wildman–Crippen MR) is 103 cm³/mol. The van der Waals surface area contributed by atoms with Gasteiger partial charge in [-0.15, -0.1) is 0 Å². The Morgan fingerprint density at radius 2 is 1.88 bits per heavy atom. The Morgan fingerprint density at radius 1 is 1.19 bits per heavy atom. The lowest BCUT2D eigenvalue weighted by Crippen LogP contribution is -2.30. The van der Waals surface area contributed by atoms with E-state index in [1.54, 1.807) is 0 Å². The van der Waals surface area contributed by atoms with Crippen LogP contribution in [0.15, 0.2) is 46.9 Å². The fourth-order valence-electron chi connectivity index (χ4n) is 2.43. The van der Waals surface area contributed by atoms with E-state index >= 15 is 0 Å². The molecule has 2 atom stereocenters. The summed E-state index contributed by atoms with van der Waals surface area (Å²) in [6, 6.07) is 11.2. The number of esters is 1. The van der Waals surface area contributed by atoms with Crippen molar-refractivity contribution in [3.05, 3.63) is 63.9 Å². The van der Waals surface area contributed by atoms with Crippen LogP contribution in [0.4, 0.5) is 10.1 Å². The van der Waals surface area contributed by atoms with Crippen molar-refractivity contribution in [2.24, 2.45) is 0 Å². The highest BCUT2D eigenvalue weighted by molar-refractivity contribution is 9.10. The van der Waals surface area contributed by atoms with Crippen LogP contribution in [0.2, 0.25) is 0 Å². The second-order valence-electron chi connectivity index (χ2n) is 6.06. The van der Waals surface area contributed by atoms with E-state index in [1.807, 2.05) is 24.3 Å². The highest BCUT2D eigenvalue weighted by Gasteiger charge is 2.22. The molecule has 1 amide bonds. The van der Waals surface area contributed by atoms with Crippen molar-refractivity contribution in [2.45, 2.75) is 39.2 Å². The molecule has 0 heterocycles. The summed E-state index contributed by atoms with van der Waals surface area (Å²) in [4.78, 5) is 24.6. The number of nitrogens with one attached hydrogen (secondary N) is 1. The Kier molecular flexibility index (Phi) is 6.91. The van der Waals surface area contributed by atoms with Crippen LogP contribution in [0, 0.1) is 5.82 Å². The van der Waals surface area contributed by atoms with Crippen molar-refractivity contribution in [1.82, 2.24) is 0 Å². The number of para-hydroxylation sites is 1. The third kappa shape index (κ3) is 4.91. The van der Waals surface area contributed by atoms with Gasteiger partial charge in [-0.05, 0) is 65.0 Å². The molecular weight excluding hydrogens is 401 g/mol. The average Bonchev–Trinajstić information content (AvgIpc) is 2.61. The van der Waals surface area contributed by atoms with Crippen LogP contribution in [-0.2, 0) is 9.53 Å². The maximum atomic E-state index is 13.1. The Balaban J connectivity index is 2.07. The highest BCUT2D eigenvalue weighted by atomic mass is 79.9. The first-order valence-electron chi connectivity index (χ1n) is 8.39. The van der Waals surface area contributed by atoms with Crippen molar-refractivity contribution in [1.29, 1.82) is 0 Å². The van der Waals surface area contributed by atoms with Gasteiger partial charge in [-0.1, -0.05) is 32.0 Å². The first-order valence-corrected chi connectivity index (χ1v) is 9.18. The minimum Gasteiger partial charge on any atom is -0.449 e. The molecule has 0 aliphatic heterocycles. The van der Waals surface area contributed by atoms with Gasteiger partial charge >= 0.3 is 5.97 Å². The lowest BCUT2D eigenvalue weighted by molar-refractivity contribution is -0.123. The zero-order chi connectivity index (χ0) is 19.3. The summed E-state index contributed by atoms with van der Waals surface area (Å²) in [6.07, 6.45) is -0.0554. The fraction of sp³-hybridized carbons (Fsp3) is 0.300. The Labute approximate surface area is 160 Å². The highest BCUT2D eigenvalue weighted by Crippen LogP contribution is 2.27. The molecule has 2 rings (SSSR count). The minimum absolute atomic E-state index is 0.158. The lowest BCUT2D eigenvalue weighted by atomic mass is 9.97. The SMILES string of the molecule is CCC(C)c1ccccc1NC(=O)C(C)OC(=O)c1ccc(F)cc1Br. The standard InChI is InChI=1S/C20H21BrFNO3/c1-4-12(2)15-7-5-6-8-18(15)23-19(24)13(3)26-20(25)16-10-9-14(22)11-17(16)21/h5-13H,4H2,1-3H3,(H,23,24). The van der Waals surface area contributed by atoms with Gasteiger partial charge in [-0.25, -0.2) is 9.18 Å². The summed E-state index contributed by atoms with van der Waals surface area (Å²) >= 11 is 3.12. The Hall–Kier alpha value is -2.21. The van der Waals surface area contributed by atoms with E-state index in [-0.39, 0.29) is 10.0 Å². The molecule has 0 bridgehead atoms. The molecule has 6 heteroatoms. The minimum atomic E-state index is -0.996. The average molecular weight is 422 g/mol. The number of rotatable bonds is 6. The van der Waals surface area contributed by atoms with E-state index in [9.17, 15) is 14.0 Å². The fourth-order valence-corrected chi connectivity index (χ4v) is 2.94. The molecule has 0 aromatic heterocycles. The zero-order valence-electron chi connectivity index (χ0n) is 14.9. The number of hydrogen-bond donors (Lipinski definition) is 1. The van der Waals surface area contributed by atoms with Crippen LogP contribution in [0.5, 0.6) is 0 Å². The molecule has 0 spiro atoms. The summed E-state index contributed by atoms with van der Waals surface area (Å²) in [5.74, 6) is -1.30. The van der Waals surface area contributed by atoms with Gasteiger partial charge in [-0.2, -0.15) is 0 Å². The quantitative estimate of drug-likeness (QED) is 0.644. The van der Waals surface area contributed by atoms with Crippen LogP contribution in [0.1, 0.15) is 49.0 Å². The molecule has 0 radical (unpaired) electrons. The number of hydrogen-bond acceptors (Lipinski definition) is 3. The Morgan fingerprint density at radius 3 is 2.54 bits per heavy atom. The van der Waals surface area contributed by atoms with Gasteiger partial charge in [-0.3, -0.25) is 4.79 Å². The van der Waals surface area contributed by atoms with Crippen molar-refractivity contribution in [2.75, 3.05) is 5.32 Å². The molecule has 2 aromatic rings. The summed E-state index contributed by atoms with van der Waals surface area (Å²) in [5.41, 5.74) is 1.90. The van der Waals surface area contributed by atoms with Crippen molar-refractivity contribution >= 4 is 33.5 Å². The first-order chi connectivity index (χ1) is 12.3. The van der Waals surface area contributed by atoms with E-state index in [2.05, 4.69) is 35.1 Å². The molecular formula is C20H21BrFNO3. The van der Waals surface area contributed by atoms with E-state index in [0.29, 0.717) is 11.6 Å². The van der Waals surface area contributed by atoms with E-state index in [1.165, 1.54) is 19.1 Å². The second-order valence-corrected chi connectivity index (χ2v) is 6.91. The van der Waals surface area contributed by atoms with Gasteiger partial charge in [0.05, 0.1) is 5.56 Å². The number of carbonyl (C=O) groups excluding carboxylic acids is 2. The molecule has 0 saturated heterocycles. The normalized spacial score (nSPS) is 13.0. The van der Waals surface area contributed by atoms with Gasteiger partial charge in [0.25, 0.3) is 5.91 Å². The Bertz CT molecular complexity index is 809. The molecule has 2 aromatic carbocycles. The first kappa shape index (κ1) is 20.1. The maximum Gasteiger partial charge on any atom is 0.340 e. The number of amides is 1. The summed E-state index contributed by atoms with van der Waals surface area (Å²) in [5, 5.41) is 2.82. The van der Waals surface area contributed by atoms with E-state index in [0.717, 1.165) is 18.1 Å². The van der Waals surface area contributed by atoms with Gasteiger partial charge in [0.15, 0.2) is 6.10 Å². The van der Waals surface area contributed by atoms with Gasteiger partial charge in [0.2, 0.25) is 0 Å². The molecule has 0 fully saturated rings. The van der Waals surface area contributed by atoms with Gasteiger partial charge in [0.1, 0.15) is 5.82 Å². The number of halogens is 2. The van der Waals surface area contributed by atoms with Crippen molar-refractivity contribution in [3.8, 4) is 0 Å². The predicted octanol–water partition coefficient (Wildman–Crippen LogP) is 5.29. The molecule has 1 N–H and O–H groups in total. The molecule has 4 nitrogen and oxygen atoms in total. The topological polar surface area (TPSA) is 55.4 Å². The van der Waals surface area contributed by atoms with E-state index < -0.39 is 23.8 Å². The second kappa shape index (κ2) is 8.94. The van der Waals surface area contributed by atoms with Crippen LogP contribution >= 0.6 is 15.9 Å². The van der Waals surface area contributed by atoms with Crippen molar-refractivity contribution in [3.63, 3.8) is 0 Å². The van der Waals surface area contributed by atoms with E-state index in [4.69, 9.17) is 4.74 Å². The summed E-state index contributed by atoms with van der Waals surface area (Å²) in [7, 11) is 0. The monoisotopic (exact) mass is 421 g/mol. The van der Waals surface area contributed by atoms with Crippen molar-refractivity contribution < 1.29 is 18.7 Å². The molecule has 26 heavy (non-hydrogen) atoms. The largest absolute Gasteiger partial charge is 0.449 e. The van der Waals surface area contributed by atoms with Gasteiger partial charge < -0.3 is 10.1 Å². The molecule has 0 saturated carbocycles. The molecule has 0 aliphatic carbocycles. The third-order valence-corrected chi connectivity index (χ3v) is 4.82. The lowest BCUT2D eigenvalue weighted by Gasteiger charge is -2.18. The van der Waals surface area contributed by atoms with Crippen LogP contribution in [-0.4, -0.2) is 18.0 Å². The maximum absolute atomic E-state index is 13.1. The third-order valence-electron chi connectivity index (χ3n) is 4.17. The van der Waals surface area contributed by atoms with Crippen LogP contribution in [0.3, 0.4) is 0 Å². The molecule has 2 unspecified atom stereocenters. The number of carbonyl (C=O) groups is 2. The smallest absolute Gasteiger partial charge is 0.340 e. The summed E-state index contributed by atoms with van der Waals surface area (Å²) in [6.45, 7) is 5.66. The number of ether oxygens (including phenoxy) is 1. The summed E-state index contributed by atoms with van der Waals surface area (Å²) < 4.78 is 18.6. The number of benzene rings is 2. The molecule has 138 valence electrons. The zero-order valence-corrected chi connectivity index (χ0v) is 16.5. The number of anilines is 1. The van der Waals surface area contributed by atoms with Crippen LogP contribution in [0.25, 0.3) is 0 Å². The molecule has 0 aliphatic rings.